The van der Waals surface area contributed by atoms with Crippen molar-refractivity contribution in [3.8, 4) is 0 Å². The highest BCUT2D eigenvalue weighted by Gasteiger charge is 2.26. The molecule has 0 amide bonds. The minimum absolute atomic E-state index is 0.0840. The van der Waals surface area contributed by atoms with E-state index in [4.69, 9.17) is 9.47 Å². The Bertz CT molecular complexity index is 626. The van der Waals surface area contributed by atoms with E-state index in [1.807, 2.05) is 58.0 Å². The molecule has 1 N–H and O–H groups in total. The normalized spacial score (nSPS) is 15.9. The van der Waals surface area contributed by atoms with Gasteiger partial charge in [-0.3, -0.25) is 4.79 Å². The van der Waals surface area contributed by atoms with Crippen LogP contribution in [0.25, 0.3) is 0 Å². The van der Waals surface area contributed by atoms with E-state index in [9.17, 15) is 9.59 Å². The summed E-state index contributed by atoms with van der Waals surface area (Å²) in [6, 6.07) is 7.70. The lowest BCUT2D eigenvalue weighted by molar-refractivity contribution is -0.143. The van der Waals surface area contributed by atoms with Crippen LogP contribution in [0.2, 0.25) is 0 Å². The van der Waals surface area contributed by atoms with Gasteiger partial charge in [-0.05, 0) is 62.8 Å². The topological polar surface area (TPSA) is 64.6 Å². The summed E-state index contributed by atoms with van der Waals surface area (Å²) >= 11 is 1.53. The Labute approximate surface area is 167 Å². The predicted octanol–water partition coefficient (Wildman–Crippen LogP) is 5.27. The Hall–Kier alpha value is -1.95. The molecule has 1 atom stereocenters. The molecule has 5 nitrogen and oxygen atoms in total. The summed E-state index contributed by atoms with van der Waals surface area (Å²) in [5.74, 6) is -0.506. The van der Waals surface area contributed by atoms with E-state index in [0.717, 1.165) is 36.1 Å². The molecule has 0 spiro atoms. The molecule has 1 aromatic rings. The van der Waals surface area contributed by atoms with E-state index in [2.05, 4.69) is 4.72 Å². The average Bonchev–Trinajstić information content (AvgIpc) is 2.66. The fourth-order valence-electron chi connectivity index (χ4n) is 2.46. The molecule has 2 rings (SSSR count). The Kier molecular flexibility index (Phi) is 10.6. The highest BCUT2D eigenvalue weighted by atomic mass is 32.2. The molecule has 0 fully saturated rings. The van der Waals surface area contributed by atoms with Crippen molar-refractivity contribution in [2.75, 3.05) is 4.72 Å². The SMILES string of the molecule is CC.CC(=O)OCc1ccc(NSC2CCCC=C2C(=O)OC(C)C)cc1. The fraction of sp³-hybridized carbons (Fsp3) is 0.524. The summed E-state index contributed by atoms with van der Waals surface area (Å²) in [6.07, 6.45) is 4.82. The summed E-state index contributed by atoms with van der Waals surface area (Å²) in [5.41, 5.74) is 2.63. The minimum Gasteiger partial charge on any atom is -0.461 e. The quantitative estimate of drug-likeness (QED) is 0.503. The van der Waals surface area contributed by atoms with Crippen LogP contribution in [0.15, 0.2) is 35.9 Å². The second-order valence-corrected chi connectivity index (χ2v) is 7.24. The number of nitrogens with one attached hydrogen (secondary N) is 1. The zero-order chi connectivity index (χ0) is 20.2. The molecular formula is C21H31NO4S. The molecule has 0 saturated carbocycles. The van der Waals surface area contributed by atoms with Crippen molar-refractivity contribution in [3.05, 3.63) is 41.5 Å². The number of carbonyl (C=O) groups excluding carboxylic acids is 2. The van der Waals surface area contributed by atoms with Gasteiger partial charge in [-0.25, -0.2) is 4.79 Å². The van der Waals surface area contributed by atoms with Crippen LogP contribution in [-0.4, -0.2) is 23.3 Å². The highest BCUT2D eigenvalue weighted by molar-refractivity contribution is 8.01. The lowest BCUT2D eigenvalue weighted by Gasteiger charge is -2.23. The summed E-state index contributed by atoms with van der Waals surface area (Å²) in [4.78, 5) is 23.1. The molecule has 0 saturated heterocycles. The monoisotopic (exact) mass is 393 g/mol. The first-order valence-electron chi connectivity index (χ1n) is 9.50. The van der Waals surface area contributed by atoms with Gasteiger partial charge in [0.2, 0.25) is 0 Å². The van der Waals surface area contributed by atoms with Gasteiger partial charge in [0, 0.05) is 18.2 Å². The number of hydrogen-bond donors (Lipinski definition) is 1. The highest BCUT2D eigenvalue weighted by Crippen LogP contribution is 2.31. The Balaban J connectivity index is 0.00000176. The van der Waals surface area contributed by atoms with Crippen LogP contribution in [0.3, 0.4) is 0 Å². The first-order chi connectivity index (χ1) is 13.0. The molecule has 0 radical (unpaired) electrons. The predicted molar refractivity (Wildman–Crippen MR) is 111 cm³/mol. The van der Waals surface area contributed by atoms with Crippen LogP contribution in [0, 0.1) is 0 Å². The van der Waals surface area contributed by atoms with Crippen LogP contribution < -0.4 is 4.72 Å². The van der Waals surface area contributed by atoms with Crippen molar-refractivity contribution < 1.29 is 19.1 Å². The van der Waals surface area contributed by atoms with Gasteiger partial charge in [0.1, 0.15) is 6.61 Å². The number of carbonyl (C=O) groups is 2. The van der Waals surface area contributed by atoms with Gasteiger partial charge < -0.3 is 14.2 Å². The van der Waals surface area contributed by atoms with Gasteiger partial charge in [-0.1, -0.05) is 32.1 Å². The average molecular weight is 394 g/mol. The lowest BCUT2D eigenvalue weighted by Crippen LogP contribution is -2.23. The molecule has 0 bridgehead atoms. The number of rotatable bonds is 7. The van der Waals surface area contributed by atoms with Crippen molar-refractivity contribution >= 4 is 29.6 Å². The Morgan fingerprint density at radius 2 is 1.89 bits per heavy atom. The van der Waals surface area contributed by atoms with E-state index in [1.54, 1.807) is 0 Å². The standard InChI is InChI=1S/C19H25NO4S.C2H6/c1-13(2)24-19(22)17-6-4-5-7-18(17)25-20-16-10-8-15(9-11-16)12-23-14(3)21;1-2/h6,8-11,13,18,20H,4-5,7,12H2,1-3H3;1-2H3. The molecule has 27 heavy (non-hydrogen) atoms. The van der Waals surface area contributed by atoms with Crippen molar-refractivity contribution in [1.29, 1.82) is 0 Å². The fourth-order valence-corrected chi connectivity index (χ4v) is 3.48. The van der Waals surface area contributed by atoms with Crippen molar-refractivity contribution in [2.24, 2.45) is 0 Å². The van der Waals surface area contributed by atoms with E-state index in [1.165, 1.54) is 18.9 Å². The number of esters is 2. The summed E-state index contributed by atoms with van der Waals surface area (Å²) < 4.78 is 13.6. The first-order valence-corrected chi connectivity index (χ1v) is 10.4. The molecule has 150 valence electrons. The summed E-state index contributed by atoms with van der Waals surface area (Å²) in [7, 11) is 0. The Morgan fingerprint density at radius 1 is 1.22 bits per heavy atom. The van der Waals surface area contributed by atoms with Crippen LogP contribution in [0.1, 0.15) is 59.4 Å². The number of hydrogen-bond acceptors (Lipinski definition) is 6. The largest absolute Gasteiger partial charge is 0.461 e. The molecule has 1 aliphatic carbocycles. The van der Waals surface area contributed by atoms with Gasteiger partial charge >= 0.3 is 11.9 Å². The summed E-state index contributed by atoms with van der Waals surface area (Å²) in [5, 5.41) is 0.0840. The molecule has 6 heteroatoms. The third kappa shape index (κ3) is 8.52. The second-order valence-electron chi connectivity index (χ2n) is 6.23. The molecule has 1 aliphatic rings. The van der Waals surface area contributed by atoms with Gasteiger partial charge in [-0.15, -0.1) is 0 Å². The van der Waals surface area contributed by atoms with Crippen molar-refractivity contribution in [3.63, 3.8) is 0 Å². The second kappa shape index (κ2) is 12.4. The number of allylic oxidation sites excluding steroid dienone is 1. The lowest BCUT2D eigenvalue weighted by atomic mass is 9.99. The third-order valence-electron chi connectivity index (χ3n) is 3.68. The molecule has 0 heterocycles. The Morgan fingerprint density at radius 3 is 2.48 bits per heavy atom. The van der Waals surface area contributed by atoms with Crippen LogP contribution in [-0.2, 0) is 25.7 Å². The van der Waals surface area contributed by atoms with Gasteiger partial charge in [-0.2, -0.15) is 0 Å². The van der Waals surface area contributed by atoms with E-state index < -0.39 is 0 Å². The molecule has 1 unspecified atom stereocenters. The molecule has 1 aromatic carbocycles. The maximum Gasteiger partial charge on any atom is 0.335 e. The zero-order valence-corrected chi connectivity index (χ0v) is 17.7. The molecular weight excluding hydrogens is 362 g/mol. The van der Waals surface area contributed by atoms with E-state index in [0.29, 0.717) is 0 Å². The minimum atomic E-state index is -0.289. The third-order valence-corrected chi connectivity index (χ3v) is 4.80. The van der Waals surface area contributed by atoms with Crippen LogP contribution in [0.4, 0.5) is 5.69 Å². The van der Waals surface area contributed by atoms with Gasteiger partial charge in [0.25, 0.3) is 0 Å². The molecule has 0 aromatic heterocycles. The van der Waals surface area contributed by atoms with Crippen molar-refractivity contribution in [1.82, 2.24) is 0 Å². The maximum atomic E-state index is 12.2. The number of benzene rings is 1. The zero-order valence-electron chi connectivity index (χ0n) is 16.9. The van der Waals surface area contributed by atoms with Gasteiger partial charge in [0.05, 0.1) is 11.4 Å². The van der Waals surface area contributed by atoms with Crippen LogP contribution in [0.5, 0.6) is 0 Å². The summed E-state index contributed by atoms with van der Waals surface area (Å²) in [6.45, 7) is 9.39. The van der Waals surface area contributed by atoms with E-state index >= 15 is 0 Å². The maximum absolute atomic E-state index is 12.2. The number of ether oxygens (including phenoxy) is 2. The number of anilines is 1. The molecule has 0 aliphatic heterocycles. The van der Waals surface area contributed by atoms with Gasteiger partial charge in [0.15, 0.2) is 0 Å². The first kappa shape index (κ1) is 23.1. The van der Waals surface area contributed by atoms with E-state index in [-0.39, 0.29) is 29.9 Å². The smallest absolute Gasteiger partial charge is 0.335 e. The van der Waals surface area contributed by atoms with Crippen molar-refractivity contribution in [2.45, 2.75) is 71.8 Å². The van der Waals surface area contributed by atoms with Crippen LogP contribution >= 0.6 is 11.9 Å².